The predicted molar refractivity (Wildman–Crippen MR) is 113 cm³/mol. The number of alkyl halides is 3. The van der Waals surface area contributed by atoms with E-state index in [0.717, 1.165) is 31.5 Å². The van der Waals surface area contributed by atoms with E-state index in [1.165, 1.54) is 5.56 Å². The van der Waals surface area contributed by atoms with Gasteiger partial charge in [-0.15, -0.1) is 0 Å². The molecule has 10 heteroatoms. The SMILES string of the molecule is CC(C)[C@H](N[C@H](/C=C/C(=O)N1CCc2ccccc21)C1CC1)C(N)=O.O=C(O)C(F)(F)F. The number of fused-ring (bicyclic) bond motifs is 1. The third-order valence-electron chi connectivity index (χ3n) is 5.32. The first-order valence-corrected chi connectivity index (χ1v) is 10.3. The number of hydrogen-bond donors (Lipinski definition) is 3. The minimum Gasteiger partial charge on any atom is -0.475 e. The Hall–Kier alpha value is -2.88. The van der Waals surface area contributed by atoms with Crippen molar-refractivity contribution in [1.82, 2.24) is 5.32 Å². The van der Waals surface area contributed by atoms with Gasteiger partial charge < -0.3 is 15.7 Å². The number of hydrogen-bond acceptors (Lipinski definition) is 4. The number of nitrogens with two attached hydrogens (primary N) is 1. The van der Waals surface area contributed by atoms with Gasteiger partial charge in [-0.2, -0.15) is 13.2 Å². The maximum Gasteiger partial charge on any atom is 0.490 e. The Labute approximate surface area is 184 Å². The van der Waals surface area contributed by atoms with E-state index in [9.17, 15) is 22.8 Å². The number of halogens is 3. The van der Waals surface area contributed by atoms with Crippen LogP contribution in [0.5, 0.6) is 0 Å². The number of rotatable bonds is 7. The van der Waals surface area contributed by atoms with Crippen molar-refractivity contribution >= 4 is 23.5 Å². The zero-order chi connectivity index (χ0) is 24.1. The summed E-state index contributed by atoms with van der Waals surface area (Å²) in [7, 11) is 0. The molecule has 0 spiro atoms. The molecule has 7 nitrogen and oxygen atoms in total. The number of anilines is 1. The summed E-state index contributed by atoms with van der Waals surface area (Å²) in [6.45, 7) is 4.67. The van der Waals surface area contributed by atoms with Crippen molar-refractivity contribution in [1.29, 1.82) is 0 Å². The summed E-state index contributed by atoms with van der Waals surface area (Å²) < 4.78 is 31.7. The van der Waals surface area contributed by atoms with Gasteiger partial charge in [0.05, 0.1) is 6.04 Å². The maximum atomic E-state index is 12.6. The monoisotopic (exact) mass is 455 g/mol. The molecule has 1 heterocycles. The molecule has 4 N–H and O–H groups in total. The number of nitrogens with zero attached hydrogens (tertiary/aromatic N) is 1. The van der Waals surface area contributed by atoms with Crippen molar-refractivity contribution in [3.05, 3.63) is 42.0 Å². The molecule has 1 fully saturated rings. The molecule has 0 aromatic heterocycles. The Kier molecular flexibility index (Phi) is 8.43. The number of benzene rings is 1. The molecule has 2 atom stereocenters. The van der Waals surface area contributed by atoms with Crippen LogP contribution in [0.1, 0.15) is 32.3 Å². The molecule has 2 aliphatic rings. The van der Waals surface area contributed by atoms with E-state index in [4.69, 9.17) is 15.6 Å². The molecule has 32 heavy (non-hydrogen) atoms. The topological polar surface area (TPSA) is 113 Å². The fraction of sp³-hybridized carbons (Fsp3) is 0.500. The van der Waals surface area contributed by atoms with Crippen molar-refractivity contribution in [2.24, 2.45) is 17.6 Å². The van der Waals surface area contributed by atoms with E-state index >= 15 is 0 Å². The molecule has 0 radical (unpaired) electrons. The van der Waals surface area contributed by atoms with Crippen LogP contribution in [0.4, 0.5) is 18.9 Å². The van der Waals surface area contributed by atoms with Gasteiger partial charge in [0.15, 0.2) is 0 Å². The first kappa shape index (κ1) is 25.4. The normalized spacial score (nSPS) is 17.5. The minimum absolute atomic E-state index is 0.00225. The number of primary amides is 1. The molecular weight excluding hydrogens is 427 g/mol. The molecular formula is C22H28F3N3O4. The minimum atomic E-state index is -5.08. The zero-order valence-corrected chi connectivity index (χ0v) is 17.9. The third-order valence-corrected chi connectivity index (χ3v) is 5.32. The van der Waals surface area contributed by atoms with Crippen LogP contribution < -0.4 is 16.0 Å². The lowest BCUT2D eigenvalue weighted by Crippen LogP contribution is -2.49. The lowest BCUT2D eigenvalue weighted by Gasteiger charge is -2.24. The van der Waals surface area contributed by atoms with Crippen molar-refractivity contribution < 1.29 is 32.7 Å². The summed E-state index contributed by atoms with van der Waals surface area (Å²) in [5, 5.41) is 10.5. The Morgan fingerprint density at radius 3 is 2.31 bits per heavy atom. The first-order chi connectivity index (χ1) is 14.9. The Morgan fingerprint density at radius 2 is 1.81 bits per heavy atom. The van der Waals surface area contributed by atoms with E-state index in [0.29, 0.717) is 5.92 Å². The van der Waals surface area contributed by atoms with E-state index < -0.39 is 12.1 Å². The highest BCUT2D eigenvalue weighted by molar-refractivity contribution is 6.02. The van der Waals surface area contributed by atoms with Crippen molar-refractivity contribution in [3.8, 4) is 0 Å². The van der Waals surface area contributed by atoms with E-state index in [-0.39, 0.29) is 29.8 Å². The number of carboxylic acids is 1. The van der Waals surface area contributed by atoms with Gasteiger partial charge in [-0.05, 0) is 42.7 Å². The number of carbonyl (C=O) groups is 3. The van der Waals surface area contributed by atoms with Gasteiger partial charge in [0, 0.05) is 24.4 Å². The number of aliphatic carboxylic acids is 1. The van der Waals surface area contributed by atoms with Crippen molar-refractivity contribution in [2.75, 3.05) is 11.4 Å². The van der Waals surface area contributed by atoms with Gasteiger partial charge in [0.2, 0.25) is 5.91 Å². The number of nitrogens with one attached hydrogen (secondary N) is 1. The Morgan fingerprint density at radius 1 is 1.22 bits per heavy atom. The largest absolute Gasteiger partial charge is 0.490 e. The second-order valence-electron chi connectivity index (χ2n) is 8.18. The van der Waals surface area contributed by atoms with Crippen LogP contribution in [-0.2, 0) is 20.8 Å². The highest BCUT2D eigenvalue weighted by Crippen LogP contribution is 2.34. The molecule has 1 aliphatic carbocycles. The van der Waals surface area contributed by atoms with E-state index in [1.807, 2.05) is 43.0 Å². The number of amides is 2. The molecule has 1 saturated carbocycles. The van der Waals surface area contributed by atoms with Crippen LogP contribution in [0, 0.1) is 11.8 Å². The molecule has 2 amide bonds. The van der Waals surface area contributed by atoms with Crippen LogP contribution in [-0.4, -0.2) is 47.7 Å². The first-order valence-electron chi connectivity index (χ1n) is 10.3. The highest BCUT2D eigenvalue weighted by Gasteiger charge is 2.38. The quantitative estimate of drug-likeness (QED) is 0.547. The summed E-state index contributed by atoms with van der Waals surface area (Å²) in [6, 6.07) is 7.67. The van der Waals surface area contributed by atoms with Gasteiger partial charge >= 0.3 is 12.1 Å². The third kappa shape index (κ3) is 7.08. The van der Waals surface area contributed by atoms with Crippen molar-refractivity contribution in [2.45, 2.75) is 51.4 Å². The van der Waals surface area contributed by atoms with Gasteiger partial charge in [-0.3, -0.25) is 14.9 Å². The molecule has 1 aromatic carbocycles. The average Bonchev–Trinajstić information content (AvgIpc) is 3.45. The molecule has 3 rings (SSSR count). The maximum absolute atomic E-state index is 12.6. The highest BCUT2D eigenvalue weighted by atomic mass is 19.4. The summed E-state index contributed by atoms with van der Waals surface area (Å²) in [4.78, 5) is 35.0. The van der Waals surface area contributed by atoms with Crippen molar-refractivity contribution in [3.63, 3.8) is 0 Å². The Bertz CT molecular complexity index is 866. The number of carboxylic acid groups (broad SMARTS) is 1. The second-order valence-corrected chi connectivity index (χ2v) is 8.18. The van der Waals surface area contributed by atoms with Crippen LogP contribution in [0.15, 0.2) is 36.4 Å². The molecule has 1 aromatic rings. The molecule has 0 bridgehead atoms. The summed E-state index contributed by atoms with van der Waals surface area (Å²) in [5.74, 6) is -2.50. The van der Waals surface area contributed by atoms with Gasteiger partial charge in [-0.1, -0.05) is 38.1 Å². The van der Waals surface area contributed by atoms with Crippen LogP contribution in [0.25, 0.3) is 0 Å². The van der Waals surface area contributed by atoms with Gasteiger partial charge in [-0.25, -0.2) is 4.79 Å². The standard InChI is InChI=1S/C20H27N3O2.C2HF3O2/c1-13(2)19(20(21)25)22-16(14-7-8-14)9-10-18(24)23-12-11-15-5-3-4-6-17(15)23;3-2(4,5)1(6)7/h3-6,9-10,13-14,16,19,22H,7-8,11-12H2,1-2H3,(H2,21,25);(H,6,7)/b10-9+;/t16-,19+;/m1./s1. The van der Waals surface area contributed by atoms with Crippen LogP contribution in [0.2, 0.25) is 0 Å². The lowest BCUT2D eigenvalue weighted by atomic mass is 10.0. The number of para-hydroxylation sites is 1. The summed E-state index contributed by atoms with van der Waals surface area (Å²) >= 11 is 0. The molecule has 0 unspecified atom stereocenters. The number of carbonyl (C=O) groups excluding carboxylic acids is 2. The fourth-order valence-corrected chi connectivity index (χ4v) is 3.46. The zero-order valence-electron chi connectivity index (χ0n) is 17.9. The predicted octanol–water partition coefficient (Wildman–Crippen LogP) is 2.64. The van der Waals surface area contributed by atoms with E-state index in [1.54, 1.807) is 6.08 Å². The second kappa shape index (κ2) is 10.6. The van der Waals surface area contributed by atoms with Crippen LogP contribution in [0.3, 0.4) is 0 Å². The van der Waals surface area contributed by atoms with Gasteiger partial charge in [0.1, 0.15) is 0 Å². The van der Waals surface area contributed by atoms with Gasteiger partial charge in [0.25, 0.3) is 5.91 Å². The van der Waals surface area contributed by atoms with Crippen LogP contribution >= 0.6 is 0 Å². The summed E-state index contributed by atoms with van der Waals surface area (Å²) in [6.07, 6.45) is 1.62. The molecule has 176 valence electrons. The molecule has 0 saturated heterocycles. The summed E-state index contributed by atoms with van der Waals surface area (Å²) in [5.41, 5.74) is 7.74. The lowest BCUT2D eigenvalue weighted by molar-refractivity contribution is -0.192. The van der Waals surface area contributed by atoms with E-state index in [2.05, 4.69) is 11.4 Å². The smallest absolute Gasteiger partial charge is 0.475 e. The fourth-order valence-electron chi connectivity index (χ4n) is 3.46. The average molecular weight is 455 g/mol. The molecule has 1 aliphatic heterocycles. The Balaban J connectivity index is 0.000000451.